The summed E-state index contributed by atoms with van der Waals surface area (Å²) in [6.45, 7) is 0.847. The van der Waals surface area contributed by atoms with Crippen LogP contribution in [0.4, 0.5) is 0 Å². The fraction of sp³-hybridized carbons (Fsp3) is 0.200. The van der Waals surface area contributed by atoms with E-state index in [0.717, 1.165) is 12.1 Å². The zero-order valence-corrected chi connectivity index (χ0v) is 15.1. The Kier molecular flexibility index (Phi) is 7.38. The van der Waals surface area contributed by atoms with Crippen molar-refractivity contribution in [1.29, 1.82) is 0 Å². The van der Waals surface area contributed by atoms with E-state index in [1.165, 1.54) is 5.56 Å². The second kappa shape index (κ2) is 9.75. The first-order valence-corrected chi connectivity index (χ1v) is 8.28. The Labute approximate surface area is 159 Å². The predicted molar refractivity (Wildman–Crippen MR) is 94.6 cm³/mol. The topological polar surface area (TPSA) is 58.1 Å². The fourth-order valence-electron chi connectivity index (χ4n) is 2.75. The molecule has 1 aromatic heterocycles. The molecule has 1 amide bonds. The number of hydrogen-bond acceptors (Lipinski definition) is 2. The minimum Gasteiger partial charge on any atom is -1.00 e. The Balaban J connectivity index is 0.00000243. The molecular weight excluding hydrogens is 350 g/mol. The molecule has 0 unspecified atom stereocenters. The number of rotatable bonds is 7. The van der Waals surface area contributed by atoms with Crippen LogP contribution in [-0.4, -0.2) is 22.2 Å². The molecule has 1 atom stereocenters. The minimum atomic E-state index is -0.388. The molecule has 0 fully saturated rings. The number of carbonyl (C=O) groups is 1. The number of carbonyl (C=O) groups excluding carboxylic acids is 1. The number of halogens is 1. The van der Waals surface area contributed by atoms with Crippen molar-refractivity contribution in [3.05, 3.63) is 90.5 Å². The maximum absolute atomic E-state index is 12.3. The van der Waals surface area contributed by atoms with Crippen LogP contribution in [0.2, 0.25) is 0 Å². The molecule has 5 nitrogen and oxygen atoms in total. The van der Waals surface area contributed by atoms with Crippen LogP contribution in [0.3, 0.4) is 0 Å². The van der Waals surface area contributed by atoms with Crippen molar-refractivity contribution in [3.8, 4) is 0 Å². The molecule has 0 bridgehead atoms. The minimum absolute atomic E-state index is 0. The molecule has 136 valence electrons. The van der Waals surface area contributed by atoms with E-state index in [1.54, 1.807) is 0 Å². The van der Waals surface area contributed by atoms with Crippen LogP contribution in [0, 0.1) is 0 Å². The second-order valence-corrected chi connectivity index (χ2v) is 5.96. The third-order valence-corrected chi connectivity index (χ3v) is 4.00. The number of hydrogen-bond donors (Lipinski definition) is 2. The van der Waals surface area contributed by atoms with Gasteiger partial charge in [-0.05, 0) is 11.1 Å². The van der Waals surface area contributed by atoms with Crippen molar-refractivity contribution in [2.75, 3.05) is 6.61 Å². The van der Waals surface area contributed by atoms with Crippen LogP contribution >= 0.6 is 0 Å². The lowest BCUT2D eigenvalue weighted by molar-refractivity contribution is -0.687. The van der Waals surface area contributed by atoms with Crippen molar-refractivity contribution >= 4 is 5.91 Å². The highest BCUT2D eigenvalue weighted by atomic mass is 35.5. The molecule has 1 heterocycles. The van der Waals surface area contributed by atoms with E-state index in [2.05, 4.69) is 17.4 Å². The molecule has 0 aliphatic rings. The molecule has 0 radical (unpaired) electrons. The molecule has 0 aliphatic carbocycles. The summed E-state index contributed by atoms with van der Waals surface area (Å²) in [5, 5.41) is 12.4. The van der Waals surface area contributed by atoms with Crippen LogP contribution < -0.4 is 22.3 Å². The van der Waals surface area contributed by atoms with E-state index in [-0.39, 0.29) is 37.5 Å². The van der Waals surface area contributed by atoms with Gasteiger partial charge in [0.15, 0.2) is 6.54 Å². The highest BCUT2D eigenvalue weighted by Crippen LogP contribution is 2.11. The van der Waals surface area contributed by atoms with Gasteiger partial charge < -0.3 is 22.8 Å². The highest BCUT2D eigenvalue weighted by Gasteiger charge is 2.15. The maximum Gasteiger partial charge on any atom is 0.262 e. The Morgan fingerprint density at radius 1 is 1.08 bits per heavy atom. The molecule has 0 aliphatic heterocycles. The van der Waals surface area contributed by atoms with Gasteiger partial charge in [-0.3, -0.25) is 4.79 Å². The number of nitrogens with one attached hydrogen (secondary N) is 1. The van der Waals surface area contributed by atoms with E-state index >= 15 is 0 Å². The summed E-state index contributed by atoms with van der Waals surface area (Å²) in [4.78, 5) is 12.3. The van der Waals surface area contributed by atoms with E-state index in [4.69, 9.17) is 0 Å². The lowest BCUT2D eigenvalue weighted by Gasteiger charge is -2.15. The number of aromatic nitrogens is 2. The first-order chi connectivity index (χ1) is 12.2. The molecule has 0 saturated heterocycles. The quantitative estimate of drug-likeness (QED) is 0.506. The molecule has 0 spiro atoms. The maximum atomic E-state index is 12.3. The number of aliphatic hydroxyl groups excluding tert-OH is 1. The molecule has 0 saturated carbocycles. The molecule has 3 aromatic rings. The fourth-order valence-corrected chi connectivity index (χ4v) is 2.75. The van der Waals surface area contributed by atoms with E-state index in [1.807, 2.05) is 76.4 Å². The van der Waals surface area contributed by atoms with Crippen LogP contribution in [0.5, 0.6) is 0 Å². The highest BCUT2D eigenvalue weighted by molar-refractivity contribution is 5.76. The van der Waals surface area contributed by atoms with E-state index in [0.29, 0.717) is 0 Å². The first kappa shape index (κ1) is 19.7. The second-order valence-electron chi connectivity index (χ2n) is 5.96. The number of benzene rings is 2. The summed E-state index contributed by atoms with van der Waals surface area (Å²) in [6.07, 6.45) is 5.73. The van der Waals surface area contributed by atoms with Crippen LogP contribution in [0.15, 0.2) is 79.4 Å². The van der Waals surface area contributed by atoms with Gasteiger partial charge in [-0.15, -0.1) is 0 Å². The molecule has 2 N–H and O–H groups in total. The van der Waals surface area contributed by atoms with Gasteiger partial charge in [-0.2, -0.15) is 0 Å². The molecule has 2 aromatic carbocycles. The smallest absolute Gasteiger partial charge is 0.262 e. The van der Waals surface area contributed by atoms with Gasteiger partial charge in [0, 0.05) is 0 Å². The molecule has 3 rings (SSSR count). The summed E-state index contributed by atoms with van der Waals surface area (Å²) in [6, 6.07) is 19.3. The van der Waals surface area contributed by atoms with Gasteiger partial charge in [-0.25, -0.2) is 9.13 Å². The SMILES string of the molecule is O=C(Cn1cc[n+](Cc2ccccc2)c1)N[C@H](CO)c1ccccc1.[Cl-]. The average molecular weight is 372 g/mol. The first-order valence-electron chi connectivity index (χ1n) is 8.28. The standard InChI is InChI=1S/C20H21N3O2.ClH/c24-15-19(18-9-5-2-6-10-18)21-20(25)14-23-12-11-22(16-23)13-17-7-3-1-4-8-17;/h1-12,16,19,24H,13-15H2;1H/t19-;/m1./s1. The molecule has 26 heavy (non-hydrogen) atoms. The van der Waals surface area contributed by atoms with Crippen LogP contribution in [0.1, 0.15) is 17.2 Å². The Hall–Kier alpha value is -2.63. The van der Waals surface area contributed by atoms with Gasteiger partial charge >= 0.3 is 0 Å². The molecular formula is C20H22ClN3O2. The van der Waals surface area contributed by atoms with E-state index in [9.17, 15) is 9.90 Å². The Bertz CT molecular complexity index is 806. The van der Waals surface area contributed by atoms with Gasteiger partial charge in [0.25, 0.3) is 5.91 Å². The number of aliphatic hydroxyl groups is 1. The monoisotopic (exact) mass is 371 g/mol. The van der Waals surface area contributed by atoms with Crippen molar-refractivity contribution in [2.45, 2.75) is 19.1 Å². The number of nitrogens with zero attached hydrogens (tertiary/aromatic N) is 2. The largest absolute Gasteiger partial charge is 1.00 e. The van der Waals surface area contributed by atoms with E-state index < -0.39 is 0 Å². The normalized spacial score (nSPS) is 11.4. The van der Waals surface area contributed by atoms with Gasteiger partial charge in [-0.1, -0.05) is 60.7 Å². The summed E-state index contributed by atoms with van der Waals surface area (Å²) in [7, 11) is 0. The van der Waals surface area contributed by atoms with Crippen molar-refractivity contribution in [3.63, 3.8) is 0 Å². The van der Waals surface area contributed by atoms with Crippen LogP contribution in [-0.2, 0) is 17.9 Å². The summed E-state index contributed by atoms with van der Waals surface area (Å²) in [5.41, 5.74) is 2.10. The Morgan fingerprint density at radius 2 is 1.73 bits per heavy atom. The summed E-state index contributed by atoms with van der Waals surface area (Å²) < 4.78 is 3.86. The average Bonchev–Trinajstić information content (AvgIpc) is 3.08. The lowest BCUT2D eigenvalue weighted by Crippen LogP contribution is -3.00. The zero-order valence-electron chi connectivity index (χ0n) is 14.3. The van der Waals surface area contributed by atoms with Crippen molar-refractivity contribution in [2.24, 2.45) is 0 Å². The van der Waals surface area contributed by atoms with Gasteiger partial charge in [0.2, 0.25) is 6.33 Å². The lowest BCUT2D eigenvalue weighted by atomic mass is 10.1. The summed E-state index contributed by atoms with van der Waals surface area (Å²) in [5.74, 6) is -0.134. The molecule has 6 heteroatoms. The zero-order chi connectivity index (χ0) is 17.5. The third kappa shape index (κ3) is 5.44. The Morgan fingerprint density at radius 3 is 2.38 bits per heavy atom. The third-order valence-electron chi connectivity index (χ3n) is 4.00. The van der Waals surface area contributed by atoms with Gasteiger partial charge in [0.1, 0.15) is 18.9 Å². The van der Waals surface area contributed by atoms with Crippen LogP contribution in [0.25, 0.3) is 0 Å². The number of amides is 1. The predicted octanol–water partition coefficient (Wildman–Crippen LogP) is -1.32. The van der Waals surface area contributed by atoms with Crippen molar-refractivity contribution in [1.82, 2.24) is 9.88 Å². The summed E-state index contributed by atoms with van der Waals surface area (Å²) >= 11 is 0. The van der Waals surface area contributed by atoms with Crippen molar-refractivity contribution < 1.29 is 26.9 Å². The number of imidazole rings is 1. The van der Waals surface area contributed by atoms with Gasteiger partial charge in [0.05, 0.1) is 12.6 Å².